The fourth-order valence-electron chi connectivity index (χ4n) is 1.39. The van der Waals surface area contributed by atoms with Gasteiger partial charge in [0.2, 0.25) is 0 Å². The van der Waals surface area contributed by atoms with Crippen molar-refractivity contribution in [3.63, 3.8) is 0 Å². The van der Waals surface area contributed by atoms with Crippen LogP contribution < -0.4 is 4.74 Å². The van der Waals surface area contributed by atoms with Crippen LogP contribution in [-0.4, -0.2) is 31.4 Å². The highest BCUT2D eigenvalue weighted by molar-refractivity contribution is 5.45. The molecule has 0 aliphatic heterocycles. The minimum Gasteiger partial charge on any atom is -0.484 e. The molecule has 0 aliphatic carbocycles. The highest BCUT2D eigenvalue weighted by Gasteiger charge is 2.24. The molecule has 1 unspecified atom stereocenters. The summed E-state index contributed by atoms with van der Waals surface area (Å²) >= 11 is 0. The summed E-state index contributed by atoms with van der Waals surface area (Å²) in [4.78, 5) is 4.27. The topological polar surface area (TPSA) is 59.7 Å². The number of aryl methyl sites for hydroxylation is 1. The van der Waals surface area contributed by atoms with E-state index in [0.29, 0.717) is 5.75 Å². The van der Waals surface area contributed by atoms with Gasteiger partial charge in [-0.05, 0) is 27.7 Å². The predicted octanol–water partition coefficient (Wildman–Crippen LogP) is 1.58. The van der Waals surface area contributed by atoms with Gasteiger partial charge in [-0.1, -0.05) is 0 Å². The first-order valence-electron chi connectivity index (χ1n) is 5.57. The Kier molecular flexibility index (Phi) is 2.79. The summed E-state index contributed by atoms with van der Waals surface area (Å²) in [5, 5.41) is 14.0. The van der Waals surface area contributed by atoms with Crippen molar-refractivity contribution < 1.29 is 9.84 Å². The maximum Gasteiger partial charge on any atom is 0.158 e. The lowest BCUT2D eigenvalue weighted by atomic mass is 10.0. The van der Waals surface area contributed by atoms with Crippen LogP contribution in [0.5, 0.6) is 5.75 Å². The van der Waals surface area contributed by atoms with Gasteiger partial charge in [-0.2, -0.15) is 5.10 Å². The molecule has 0 bridgehead atoms. The van der Waals surface area contributed by atoms with Gasteiger partial charge < -0.3 is 9.84 Å². The molecule has 0 saturated carbocycles. The SMILES string of the molecule is Cc1cnn2cc(OC(C)C(C)(C)O)cnc12. The highest BCUT2D eigenvalue weighted by atomic mass is 16.5. The minimum absolute atomic E-state index is 0.321. The molecule has 1 N–H and O–H groups in total. The van der Waals surface area contributed by atoms with Crippen LogP contribution in [0.1, 0.15) is 26.3 Å². The van der Waals surface area contributed by atoms with E-state index in [4.69, 9.17) is 4.74 Å². The summed E-state index contributed by atoms with van der Waals surface area (Å²) in [5.41, 5.74) is 0.940. The van der Waals surface area contributed by atoms with Crippen molar-refractivity contribution in [2.24, 2.45) is 0 Å². The van der Waals surface area contributed by atoms with Crippen molar-refractivity contribution in [2.75, 3.05) is 0 Å². The van der Waals surface area contributed by atoms with Gasteiger partial charge in [0.15, 0.2) is 11.4 Å². The molecular weight excluding hydrogens is 218 g/mol. The molecule has 2 rings (SSSR count). The molecule has 17 heavy (non-hydrogen) atoms. The molecular formula is C12H17N3O2. The second kappa shape index (κ2) is 4.00. The van der Waals surface area contributed by atoms with Crippen LogP contribution in [-0.2, 0) is 0 Å². The maximum absolute atomic E-state index is 9.80. The van der Waals surface area contributed by atoms with Crippen molar-refractivity contribution in [3.05, 3.63) is 24.2 Å². The highest BCUT2D eigenvalue weighted by Crippen LogP contribution is 2.18. The van der Waals surface area contributed by atoms with E-state index in [1.54, 1.807) is 37.0 Å². The van der Waals surface area contributed by atoms with E-state index in [2.05, 4.69) is 10.1 Å². The fourth-order valence-corrected chi connectivity index (χ4v) is 1.39. The van der Waals surface area contributed by atoms with Crippen molar-refractivity contribution in [3.8, 4) is 5.75 Å². The zero-order valence-electron chi connectivity index (χ0n) is 10.5. The van der Waals surface area contributed by atoms with Gasteiger partial charge in [0.25, 0.3) is 0 Å². The monoisotopic (exact) mass is 235 g/mol. The average molecular weight is 235 g/mol. The number of hydrogen-bond donors (Lipinski definition) is 1. The third-order valence-corrected chi connectivity index (χ3v) is 2.82. The predicted molar refractivity (Wildman–Crippen MR) is 64.1 cm³/mol. The number of rotatable bonds is 3. The van der Waals surface area contributed by atoms with Gasteiger partial charge in [-0.3, -0.25) is 0 Å². The van der Waals surface area contributed by atoms with Crippen molar-refractivity contribution in [1.29, 1.82) is 0 Å². The zero-order valence-corrected chi connectivity index (χ0v) is 10.5. The summed E-state index contributed by atoms with van der Waals surface area (Å²) < 4.78 is 7.29. The van der Waals surface area contributed by atoms with Crippen LogP contribution in [0, 0.1) is 6.92 Å². The van der Waals surface area contributed by atoms with Gasteiger partial charge >= 0.3 is 0 Å². The quantitative estimate of drug-likeness (QED) is 0.877. The van der Waals surface area contributed by atoms with Crippen molar-refractivity contribution in [2.45, 2.75) is 39.4 Å². The van der Waals surface area contributed by atoms with E-state index in [0.717, 1.165) is 11.2 Å². The molecule has 92 valence electrons. The molecule has 2 heterocycles. The summed E-state index contributed by atoms with van der Waals surface area (Å²) in [5.74, 6) is 0.593. The smallest absolute Gasteiger partial charge is 0.158 e. The Balaban J connectivity index is 2.25. The second-order valence-electron chi connectivity index (χ2n) is 4.80. The van der Waals surface area contributed by atoms with Gasteiger partial charge in [-0.25, -0.2) is 9.50 Å². The van der Waals surface area contributed by atoms with Crippen molar-refractivity contribution in [1.82, 2.24) is 14.6 Å². The minimum atomic E-state index is -0.894. The molecule has 0 radical (unpaired) electrons. The molecule has 0 fully saturated rings. The van der Waals surface area contributed by atoms with Crippen LogP contribution in [0.3, 0.4) is 0 Å². The number of nitrogens with zero attached hydrogens (tertiary/aromatic N) is 3. The largest absolute Gasteiger partial charge is 0.484 e. The zero-order chi connectivity index (χ0) is 12.6. The number of fused-ring (bicyclic) bond motifs is 1. The van der Waals surface area contributed by atoms with Crippen LogP contribution in [0.4, 0.5) is 0 Å². The second-order valence-corrected chi connectivity index (χ2v) is 4.80. The lowest BCUT2D eigenvalue weighted by Crippen LogP contribution is -2.37. The summed E-state index contributed by atoms with van der Waals surface area (Å²) in [7, 11) is 0. The summed E-state index contributed by atoms with van der Waals surface area (Å²) in [6, 6.07) is 0. The third-order valence-electron chi connectivity index (χ3n) is 2.82. The molecule has 0 spiro atoms. The fraction of sp³-hybridized carbons (Fsp3) is 0.500. The maximum atomic E-state index is 9.80. The van der Waals surface area contributed by atoms with E-state index in [1.807, 2.05) is 13.8 Å². The van der Waals surface area contributed by atoms with Gasteiger partial charge in [-0.15, -0.1) is 0 Å². The van der Waals surface area contributed by atoms with Crippen molar-refractivity contribution >= 4 is 5.65 Å². The number of hydrogen-bond acceptors (Lipinski definition) is 4. The van der Waals surface area contributed by atoms with Crippen LogP contribution in [0.25, 0.3) is 5.65 Å². The lowest BCUT2D eigenvalue weighted by Gasteiger charge is -2.26. The van der Waals surface area contributed by atoms with E-state index in [1.165, 1.54) is 0 Å². The molecule has 0 aliphatic rings. The van der Waals surface area contributed by atoms with E-state index in [9.17, 15) is 5.11 Å². The number of aromatic nitrogens is 3. The van der Waals surface area contributed by atoms with Gasteiger partial charge in [0, 0.05) is 5.56 Å². The summed E-state index contributed by atoms with van der Waals surface area (Å²) in [6.07, 6.45) is 4.84. The molecule has 2 aromatic rings. The van der Waals surface area contributed by atoms with Crippen LogP contribution in [0.15, 0.2) is 18.6 Å². The van der Waals surface area contributed by atoms with Gasteiger partial charge in [0.05, 0.1) is 24.2 Å². The van der Waals surface area contributed by atoms with Gasteiger partial charge in [0.1, 0.15) is 6.10 Å². The Bertz CT molecular complexity index is 528. The first kappa shape index (κ1) is 11.9. The molecule has 0 aromatic carbocycles. The molecule has 0 amide bonds. The normalized spacial score (nSPS) is 13.9. The standard InChI is InChI=1S/C12H17N3O2/c1-8-5-14-15-7-10(6-13-11(8)15)17-9(2)12(3,4)16/h5-7,9,16H,1-4H3. The third kappa shape index (κ3) is 2.39. The molecule has 1 atom stereocenters. The Hall–Kier alpha value is -1.62. The molecule has 0 saturated heterocycles. The Morgan fingerprint density at radius 2 is 2.12 bits per heavy atom. The van der Waals surface area contributed by atoms with E-state index in [-0.39, 0.29) is 6.10 Å². The lowest BCUT2D eigenvalue weighted by molar-refractivity contribution is -0.0244. The van der Waals surface area contributed by atoms with E-state index >= 15 is 0 Å². The van der Waals surface area contributed by atoms with Crippen LogP contribution in [0.2, 0.25) is 0 Å². The summed E-state index contributed by atoms with van der Waals surface area (Å²) in [6.45, 7) is 7.19. The molecule has 5 heteroatoms. The first-order valence-corrected chi connectivity index (χ1v) is 5.57. The van der Waals surface area contributed by atoms with E-state index < -0.39 is 5.60 Å². The number of aliphatic hydroxyl groups is 1. The average Bonchev–Trinajstić information content (AvgIpc) is 2.59. The molecule has 5 nitrogen and oxygen atoms in total. The Labute approximate surface area is 100 Å². The Morgan fingerprint density at radius 3 is 2.76 bits per heavy atom. The molecule has 2 aromatic heterocycles. The first-order chi connectivity index (χ1) is 7.88. The van der Waals surface area contributed by atoms with Crippen LogP contribution >= 0.6 is 0 Å². The Morgan fingerprint density at radius 1 is 1.41 bits per heavy atom. The number of ether oxygens (including phenoxy) is 1.